The number of allylic oxidation sites excluding steroid dienone is 3. The van der Waals surface area contributed by atoms with Gasteiger partial charge in [-0.1, -0.05) is 42.1 Å². The van der Waals surface area contributed by atoms with E-state index in [2.05, 4.69) is 16.7 Å². The molecule has 2 N–H and O–H groups in total. The van der Waals surface area contributed by atoms with Crippen LogP contribution >= 0.6 is 11.8 Å². The van der Waals surface area contributed by atoms with Crippen molar-refractivity contribution in [2.45, 2.75) is 31.7 Å². The molecule has 0 saturated carbocycles. The first-order valence-electron chi connectivity index (χ1n) is 9.81. The Balaban J connectivity index is 1.52. The number of carbonyl (C=O) groups is 2. The highest BCUT2D eigenvalue weighted by Gasteiger charge is 2.38. The largest absolute Gasteiger partial charge is 0.468 e. The van der Waals surface area contributed by atoms with Crippen molar-refractivity contribution in [2.75, 3.05) is 5.75 Å². The van der Waals surface area contributed by atoms with Gasteiger partial charge in [-0.25, -0.2) is 0 Å². The van der Waals surface area contributed by atoms with Crippen molar-refractivity contribution < 1.29 is 14.0 Å². The van der Waals surface area contributed by atoms with Crippen molar-refractivity contribution in [3.05, 3.63) is 81.9 Å². The zero-order chi connectivity index (χ0) is 20.9. The number of nitrogens with zero attached hydrogens (tertiary/aromatic N) is 1. The maximum Gasteiger partial charge on any atom is 0.230 e. The monoisotopic (exact) mass is 419 g/mol. The van der Waals surface area contributed by atoms with E-state index < -0.39 is 5.92 Å². The van der Waals surface area contributed by atoms with Crippen LogP contribution in [0, 0.1) is 11.3 Å². The third-order valence-electron chi connectivity index (χ3n) is 5.17. The summed E-state index contributed by atoms with van der Waals surface area (Å²) in [6.45, 7) is 0.455. The Bertz CT molecular complexity index is 1050. The van der Waals surface area contributed by atoms with E-state index in [1.807, 2.05) is 30.3 Å². The molecule has 0 saturated heterocycles. The Morgan fingerprint density at radius 3 is 2.80 bits per heavy atom. The van der Waals surface area contributed by atoms with Gasteiger partial charge in [0.2, 0.25) is 5.91 Å². The molecule has 1 atom stereocenters. The Kier molecular flexibility index (Phi) is 6.05. The number of ketones is 1. The molecule has 1 aromatic carbocycles. The van der Waals surface area contributed by atoms with E-state index in [1.54, 1.807) is 18.4 Å². The van der Waals surface area contributed by atoms with Gasteiger partial charge in [-0.3, -0.25) is 9.59 Å². The molecular formula is C23H21N3O3S. The number of hydrogen-bond acceptors (Lipinski definition) is 6. The fourth-order valence-corrected chi connectivity index (χ4v) is 4.65. The van der Waals surface area contributed by atoms with Crippen LogP contribution in [0.25, 0.3) is 0 Å². The summed E-state index contributed by atoms with van der Waals surface area (Å²) in [6.07, 6.45) is 3.53. The van der Waals surface area contributed by atoms with E-state index in [4.69, 9.17) is 4.42 Å². The van der Waals surface area contributed by atoms with E-state index in [9.17, 15) is 14.9 Å². The van der Waals surface area contributed by atoms with Crippen molar-refractivity contribution in [1.82, 2.24) is 10.6 Å². The van der Waals surface area contributed by atoms with Gasteiger partial charge in [0, 0.05) is 24.2 Å². The number of Topliss-reactive ketones (excluding diaryl/α,β-unsaturated/α-hetero) is 1. The van der Waals surface area contributed by atoms with Gasteiger partial charge in [0.15, 0.2) is 5.78 Å². The molecule has 152 valence electrons. The van der Waals surface area contributed by atoms with Crippen molar-refractivity contribution in [3.8, 4) is 6.07 Å². The molecule has 4 rings (SSSR count). The number of rotatable bonds is 6. The molecule has 0 fully saturated rings. The van der Waals surface area contributed by atoms with E-state index in [0.717, 1.165) is 24.1 Å². The number of furan rings is 1. The number of thioether (sulfide) groups is 1. The van der Waals surface area contributed by atoms with Crippen molar-refractivity contribution in [3.63, 3.8) is 0 Å². The van der Waals surface area contributed by atoms with Gasteiger partial charge in [0.1, 0.15) is 5.76 Å². The molecule has 1 amide bonds. The van der Waals surface area contributed by atoms with Crippen LogP contribution in [-0.4, -0.2) is 17.4 Å². The molecule has 6 nitrogen and oxygen atoms in total. The molecule has 0 spiro atoms. The van der Waals surface area contributed by atoms with Crippen molar-refractivity contribution in [1.29, 1.82) is 5.26 Å². The number of nitrogens with one attached hydrogen (secondary N) is 2. The predicted octanol–water partition coefficient (Wildman–Crippen LogP) is 3.76. The number of dihydropyridines is 1. The van der Waals surface area contributed by atoms with E-state index in [0.29, 0.717) is 34.9 Å². The third kappa shape index (κ3) is 4.19. The first kappa shape index (κ1) is 20.0. The number of benzene rings is 1. The summed E-state index contributed by atoms with van der Waals surface area (Å²) in [5.74, 6) is 0.139. The number of amides is 1. The average molecular weight is 420 g/mol. The van der Waals surface area contributed by atoms with Crippen LogP contribution in [0.5, 0.6) is 0 Å². The topological polar surface area (TPSA) is 95.1 Å². The fraction of sp³-hybridized carbons (Fsp3) is 0.261. The van der Waals surface area contributed by atoms with Gasteiger partial charge in [-0.2, -0.15) is 5.26 Å². The van der Waals surface area contributed by atoms with Gasteiger partial charge in [-0.05, 0) is 30.5 Å². The van der Waals surface area contributed by atoms with Crippen molar-refractivity contribution >= 4 is 23.5 Å². The predicted molar refractivity (Wildman–Crippen MR) is 114 cm³/mol. The lowest BCUT2D eigenvalue weighted by molar-refractivity contribution is -0.119. The van der Waals surface area contributed by atoms with E-state index >= 15 is 0 Å². The smallest absolute Gasteiger partial charge is 0.230 e. The minimum atomic E-state index is -0.524. The molecule has 1 aromatic heterocycles. The second kappa shape index (κ2) is 9.06. The van der Waals surface area contributed by atoms with Crippen LogP contribution in [0.4, 0.5) is 0 Å². The zero-order valence-corrected chi connectivity index (χ0v) is 17.1. The van der Waals surface area contributed by atoms with Crippen LogP contribution in [-0.2, 0) is 16.1 Å². The molecule has 30 heavy (non-hydrogen) atoms. The third-order valence-corrected chi connectivity index (χ3v) is 6.19. The first-order chi connectivity index (χ1) is 14.7. The summed E-state index contributed by atoms with van der Waals surface area (Å²) in [6, 6.07) is 15.5. The lowest BCUT2D eigenvalue weighted by Gasteiger charge is -2.32. The Morgan fingerprint density at radius 1 is 1.23 bits per heavy atom. The molecule has 2 aromatic rings. The van der Waals surface area contributed by atoms with Gasteiger partial charge >= 0.3 is 0 Å². The van der Waals surface area contributed by atoms with Crippen LogP contribution in [0.15, 0.2) is 75.0 Å². The summed E-state index contributed by atoms with van der Waals surface area (Å²) < 4.78 is 5.58. The minimum Gasteiger partial charge on any atom is -0.468 e. The van der Waals surface area contributed by atoms with Gasteiger partial charge in [0.25, 0.3) is 0 Å². The van der Waals surface area contributed by atoms with E-state index in [1.165, 1.54) is 11.8 Å². The number of carbonyl (C=O) groups excluding carboxylic acids is 2. The Hall–Kier alpha value is -3.24. The zero-order valence-electron chi connectivity index (χ0n) is 16.3. The van der Waals surface area contributed by atoms with Crippen LogP contribution < -0.4 is 10.6 Å². The molecular weight excluding hydrogens is 398 g/mol. The number of nitriles is 1. The van der Waals surface area contributed by atoms with Crippen molar-refractivity contribution in [2.24, 2.45) is 0 Å². The quantitative estimate of drug-likeness (QED) is 0.740. The second-order valence-corrected chi connectivity index (χ2v) is 8.13. The standard InChI is InChI=1S/C23H21N3O3S/c24-12-16-21(19-10-5-11-29-19)22-17(8-4-9-18(22)27)26-23(16)30-14-20(28)25-13-15-6-2-1-3-7-15/h1-3,5-7,10-11,21,26H,4,8-9,13-14H2,(H,25,28)/t21-/m0/s1. The van der Waals surface area contributed by atoms with Gasteiger partial charge < -0.3 is 15.1 Å². The van der Waals surface area contributed by atoms with Crippen LogP contribution in [0.1, 0.15) is 36.5 Å². The highest BCUT2D eigenvalue weighted by Crippen LogP contribution is 2.43. The molecule has 7 heteroatoms. The minimum absolute atomic E-state index is 0.0440. The Labute approximate surface area is 179 Å². The molecule has 0 radical (unpaired) electrons. The SMILES string of the molecule is N#CC1=C(SCC(=O)NCc2ccccc2)NC2=C(C(=O)CCC2)[C@@H]1c1ccco1. The second-order valence-electron chi connectivity index (χ2n) is 7.15. The summed E-state index contributed by atoms with van der Waals surface area (Å²) in [5, 5.41) is 16.7. The fourth-order valence-electron chi connectivity index (χ4n) is 3.76. The summed E-state index contributed by atoms with van der Waals surface area (Å²) >= 11 is 1.28. The molecule has 0 bridgehead atoms. The van der Waals surface area contributed by atoms with Crippen LogP contribution in [0.3, 0.4) is 0 Å². The average Bonchev–Trinajstić information content (AvgIpc) is 3.30. The molecule has 0 unspecified atom stereocenters. The normalized spacial score (nSPS) is 18.5. The molecule has 2 heterocycles. The molecule has 1 aliphatic carbocycles. The summed E-state index contributed by atoms with van der Waals surface area (Å²) in [4.78, 5) is 25.0. The van der Waals surface area contributed by atoms with Crippen LogP contribution in [0.2, 0.25) is 0 Å². The maximum absolute atomic E-state index is 12.6. The first-order valence-corrected chi connectivity index (χ1v) is 10.8. The number of hydrogen-bond donors (Lipinski definition) is 2. The van der Waals surface area contributed by atoms with Gasteiger partial charge in [0.05, 0.1) is 34.6 Å². The Morgan fingerprint density at radius 2 is 2.07 bits per heavy atom. The highest BCUT2D eigenvalue weighted by molar-refractivity contribution is 8.03. The van der Waals surface area contributed by atoms with Gasteiger partial charge in [-0.15, -0.1) is 0 Å². The lowest BCUT2D eigenvalue weighted by Crippen LogP contribution is -2.32. The molecule has 2 aliphatic rings. The lowest BCUT2D eigenvalue weighted by atomic mass is 9.79. The maximum atomic E-state index is 12.6. The van der Waals surface area contributed by atoms with E-state index in [-0.39, 0.29) is 17.4 Å². The summed E-state index contributed by atoms with van der Waals surface area (Å²) in [5.41, 5.74) is 2.89. The summed E-state index contributed by atoms with van der Waals surface area (Å²) in [7, 11) is 0. The molecule has 1 aliphatic heterocycles. The highest BCUT2D eigenvalue weighted by atomic mass is 32.2.